The fraction of sp³-hybridized carbons (Fsp3) is 0.849. The summed E-state index contributed by atoms with van der Waals surface area (Å²) in [6.45, 7) is -8.01. The van der Waals surface area contributed by atoms with Crippen LogP contribution in [0.2, 0.25) is 0 Å². The van der Waals surface area contributed by atoms with Crippen LogP contribution in [0.3, 0.4) is 0 Å². The summed E-state index contributed by atoms with van der Waals surface area (Å²) in [5, 5.41) is 239. The van der Waals surface area contributed by atoms with E-state index in [4.69, 9.17) is 66.3 Å². The molecule has 22 rings (SSSR count). The van der Waals surface area contributed by atoms with E-state index >= 15 is 0 Å². The minimum atomic E-state index is -2.31. The van der Waals surface area contributed by atoms with Crippen molar-refractivity contribution in [1.82, 2.24) is 10.6 Å². The first-order valence-corrected chi connectivity index (χ1v) is 29.5. The van der Waals surface area contributed by atoms with Crippen LogP contribution in [0.5, 0.6) is 0 Å². The predicted octanol–water partition coefficient (Wildman–Crippen LogP) is -14.8. The Morgan fingerprint density at radius 2 is 0.565 bits per heavy atom. The summed E-state index contributed by atoms with van der Waals surface area (Å²) in [6, 6.07) is 6.92. The van der Waals surface area contributed by atoms with Crippen LogP contribution >= 0.6 is 0 Å². The van der Waals surface area contributed by atoms with Crippen molar-refractivity contribution >= 4 is 11.9 Å². The second kappa shape index (κ2) is 32.0. The maximum Gasteiger partial charge on any atom is 0.322 e. The van der Waals surface area contributed by atoms with E-state index in [1.54, 1.807) is 30.3 Å². The van der Waals surface area contributed by atoms with Gasteiger partial charge in [-0.05, 0) is 12.0 Å². The van der Waals surface area contributed by atoms with Gasteiger partial charge < -0.3 is 184 Å². The van der Waals surface area contributed by atoms with Crippen molar-refractivity contribution in [2.75, 3.05) is 52.7 Å². The minimum Gasteiger partial charge on any atom is -0.480 e. The second-order valence-electron chi connectivity index (χ2n) is 23.2. The number of aliphatic hydroxyl groups is 20. The van der Waals surface area contributed by atoms with Crippen LogP contribution in [-0.2, 0) is 82.3 Å². The zero-order valence-corrected chi connectivity index (χ0v) is 48.5. The fourth-order valence-corrected chi connectivity index (χ4v) is 12.1. The highest BCUT2D eigenvalue weighted by molar-refractivity contribution is 5.85. The monoisotopic (exact) mass is 1340 g/mol. The molecule has 0 spiro atoms. The van der Waals surface area contributed by atoms with E-state index in [0.717, 1.165) is 0 Å². The number of benzene rings is 1. The number of carboxylic acid groups (broad SMARTS) is 1. The van der Waals surface area contributed by atoms with Gasteiger partial charge in [0.05, 0.1) is 45.7 Å². The summed E-state index contributed by atoms with van der Waals surface area (Å²) in [6.07, 6.45) is -72.5. The van der Waals surface area contributed by atoms with E-state index in [0.29, 0.717) is 5.56 Å². The van der Waals surface area contributed by atoms with E-state index in [9.17, 15) is 117 Å². The van der Waals surface area contributed by atoms with E-state index in [1.165, 1.54) is 0 Å². The van der Waals surface area contributed by atoms with Crippen molar-refractivity contribution in [1.29, 1.82) is 0 Å². The molecule has 39 heteroatoms. The standard InChI is InChI=1S/C53H82N2O37/c56-9-18-40-27(66)34(73)49(81-18)89-42-20(11-58)83-51(36(75)29(42)68)91-44-22(13-60)85-53(38(77)31(44)70)92-45-23(14-61)84-52(37(76)30(45)69)90-43-21(12-59)82-50(35(74)28(43)67)88-41-19(10-57)80-48(33(72)26(41)65)86-39-17(79-47(87-40)32(71)25(39)64)7-54-16(46(78)55-8-24(62)63)6-15-4-2-1-3-5-15/h1-5,16-23,25-45,47-54,56-61,64-77H,6-14H2,(H,55,78)(H,62,63)/t16-,17+,18+,19+,20+,21+,22+,23+,25+,26+,27+,28+,29+,30+,31+,32+,33+,34+,35+,36+,37+,38+,39+,40+,41+,42+,43+,44+,45+,47+,48+,49+,50+,51+,52+,53+/m0/s1. The minimum absolute atomic E-state index is 0.129. The highest BCUT2D eigenvalue weighted by Crippen LogP contribution is 2.39. The Morgan fingerprint density at radius 3 is 0.793 bits per heavy atom. The predicted molar refractivity (Wildman–Crippen MR) is 284 cm³/mol. The molecule has 92 heavy (non-hydrogen) atoms. The average molecular weight is 1340 g/mol. The lowest BCUT2D eigenvalue weighted by atomic mass is 9.95. The SMILES string of the molecule is O=C(O)CNC(=O)[C@H](Cc1ccccc1)NC[C@H]1O[C@@H]2O[C@H]3[C@H](O)[C@@H](O)[C@@H](O[C@H]4[C@H](O)[C@@H](O)[C@@H](O[C@H]5[C@H](O)[C@@H](O)[C@@H](O[C@H]6[C@H](O)[C@@H](O)[C@@H](O[C@H]7[C@H](O)[C@@H](O)[C@@H](O[C@H]8[C@H](O)[C@@H](O)[C@@H](O[C@H]1[C@H](O)[C@H]2O)O[C@@H]8CO)O[C@@H]7CO)O[C@@H]6CO)O[C@@H]5CO)O[C@@H]4CO)O[C@@H]3CO. The van der Waals surface area contributed by atoms with E-state index in [2.05, 4.69) is 10.6 Å². The van der Waals surface area contributed by atoms with E-state index < -0.39 is 286 Å². The van der Waals surface area contributed by atoms with Gasteiger partial charge >= 0.3 is 5.97 Å². The number of nitrogens with one attached hydrogen (secondary N) is 2. The molecule has 39 nitrogen and oxygen atoms in total. The quantitative estimate of drug-likeness (QED) is 0.0822. The number of aliphatic hydroxyl groups excluding tert-OH is 20. The Balaban J connectivity index is 1.03. The van der Waals surface area contributed by atoms with Crippen molar-refractivity contribution in [3.63, 3.8) is 0 Å². The molecule has 0 unspecified atom stereocenters. The molecule has 1 amide bonds. The largest absolute Gasteiger partial charge is 0.480 e. The number of hydrogen-bond donors (Lipinski definition) is 23. The smallest absolute Gasteiger partial charge is 0.322 e. The normalized spacial score (nSPS) is 48.5. The topological polar surface area (TPSA) is 612 Å². The third-order valence-corrected chi connectivity index (χ3v) is 17.2. The zero-order valence-electron chi connectivity index (χ0n) is 48.5. The van der Waals surface area contributed by atoms with Gasteiger partial charge in [-0.3, -0.25) is 9.59 Å². The molecule has 21 aliphatic heterocycles. The van der Waals surface area contributed by atoms with Crippen molar-refractivity contribution in [2.45, 2.75) is 227 Å². The molecule has 0 aromatic heterocycles. The number of rotatable bonds is 14. The molecule has 0 aliphatic carbocycles. The van der Waals surface area contributed by atoms with Crippen molar-refractivity contribution in [3.8, 4) is 0 Å². The van der Waals surface area contributed by atoms with E-state index in [-0.39, 0.29) is 6.42 Å². The highest BCUT2D eigenvalue weighted by atomic mass is 16.8. The van der Waals surface area contributed by atoms with Crippen molar-refractivity contribution in [3.05, 3.63) is 35.9 Å². The molecular formula is C53H82N2O37. The van der Waals surface area contributed by atoms with Gasteiger partial charge in [-0.1, -0.05) is 30.3 Å². The van der Waals surface area contributed by atoms with E-state index in [1.807, 2.05) is 0 Å². The van der Waals surface area contributed by atoms with Crippen LogP contribution in [0.4, 0.5) is 0 Å². The molecule has 23 N–H and O–H groups in total. The third kappa shape index (κ3) is 15.5. The molecule has 21 heterocycles. The number of aliphatic carboxylic acids is 1. The maximum atomic E-state index is 13.6. The second-order valence-corrected chi connectivity index (χ2v) is 23.2. The van der Waals surface area contributed by atoms with Crippen LogP contribution in [0.1, 0.15) is 5.56 Å². The fourth-order valence-electron chi connectivity index (χ4n) is 12.1. The number of carbonyl (C=O) groups is 2. The Kier molecular flexibility index (Phi) is 25.4. The maximum absolute atomic E-state index is 13.6. The lowest BCUT2D eigenvalue weighted by Gasteiger charge is -2.50. The molecule has 1 aromatic rings. The molecule has 1 aromatic carbocycles. The Labute approximate surface area is 520 Å². The lowest BCUT2D eigenvalue weighted by molar-refractivity contribution is -0.396. The first-order valence-electron chi connectivity index (χ1n) is 29.5. The summed E-state index contributed by atoms with van der Waals surface area (Å²) in [4.78, 5) is 25.1. The number of carbonyl (C=O) groups excluding carboxylic acids is 1. The lowest BCUT2D eigenvalue weighted by Crippen LogP contribution is -2.68. The summed E-state index contributed by atoms with van der Waals surface area (Å²) in [7, 11) is 0. The number of hydrogen-bond acceptors (Lipinski definition) is 37. The Bertz CT molecular complexity index is 2460. The first-order chi connectivity index (χ1) is 43.9. The third-order valence-electron chi connectivity index (χ3n) is 17.2. The Hall–Kier alpha value is -3.24. The zero-order chi connectivity index (χ0) is 66.7. The molecule has 0 radical (unpaired) electrons. The Morgan fingerprint density at radius 1 is 0.337 bits per heavy atom. The van der Waals surface area contributed by atoms with Gasteiger partial charge in [0, 0.05) is 6.54 Å². The highest BCUT2D eigenvalue weighted by Gasteiger charge is 2.60. The van der Waals surface area contributed by atoms with Gasteiger partial charge in [-0.2, -0.15) is 0 Å². The summed E-state index contributed by atoms with van der Waals surface area (Å²) >= 11 is 0. The molecule has 526 valence electrons. The van der Waals surface area contributed by atoms with Gasteiger partial charge in [0.2, 0.25) is 5.91 Å². The van der Waals surface area contributed by atoms with Gasteiger partial charge in [0.25, 0.3) is 0 Å². The molecule has 36 atom stereocenters. The van der Waals surface area contributed by atoms with Gasteiger partial charge in [-0.25, -0.2) is 0 Å². The van der Waals surface area contributed by atoms with Gasteiger partial charge in [0.15, 0.2) is 44.0 Å². The van der Waals surface area contributed by atoms with Crippen LogP contribution in [-0.4, -0.2) is 393 Å². The molecular weight excluding hydrogens is 1260 g/mol. The molecule has 21 fully saturated rings. The molecule has 21 aliphatic rings. The van der Waals surface area contributed by atoms with Gasteiger partial charge in [-0.15, -0.1) is 0 Å². The molecule has 14 bridgehead atoms. The summed E-state index contributed by atoms with van der Waals surface area (Å²) < 4.78 is 81.4. The van der Waals surface area contributed by atoms with Crippen molar-refractivity contribution < 1.29 is 183 Å². The van der Waals surface area contributed by atoms with Crippen LogP contribution in [0.15, 0.2) is 30.3 Å². The number of ether oxygens (including phenoxy) is 14. The first kappa shape index (κ1) is 73.0. The number of carboxylic acids is 1. The number of amides is 1. The average Bonchev–Trinajstić information content (AvgIpc) is 0.812. The van der Waals surface area contributed by atoms with Crippen LogP contribution in [0, 0.1) is 0 Å². The summed E-state index contributed by atoms with van der Waals surface area (Å²) in [5.41, 5.74) is 0.543. The summed E-state index contributed by atoms with van der Waals surface area (Å²) in [5.74, 6) is -2.28. The molecule has 21 saturated heterocycles. The van der Waals surface area contributed by atoms with Crippen LogP contribution in [0.25, 0.3) is 0 Å². The van der Waals surface area contributed by atoms with Gasteiger partial charge in [0.1, 0.15) is 177 Å². The van der Waals surface area contributed by atoms with Crippen molar-refractivity contribution in [2.24, 2.45) is 0 Å². The van der Waals surface area contributed by atoms with Crippen LogP contribution < -0.4 is 10.6 Å². The molecule has 0 saturated carbocycles.